The van der Waals surface area contributed by atoms with Crippen molar-refractivity contribution in [2.75, 3.05) is 31.1 Å². The Bertz CT molecular complexity index is 553. The molecule has 2 fully saturated rings. The van der Waals surface area contributed by atoms with Crippen LogP contribution in [0, 0.1) is 0 Å². The lowest BCUT2D eigenvalue weighted by molar-refractivity contribution is 0.155. The number of aliphatic hydroxyl groups excluding tert-OH is 1. The molecule has 0 aromatic carbocycles. The van der Waals surface area contributed by atoms with Crippen molar-refractivity contribution >= 4 is 21.2 Å². The number of hydrogen-bond acceptors (Lipinski definition) is 6. The number of likely N-dealkylation sites (tertiary alicyclic amines) is 1. The number of sulfone groups is 1. The standard InChI is InChI=1S/C14H22N2O3S2/c17-13-10-21(18,19)9-11(13)15-8-12(14-4-3-7-20-14)16-5-1-2-6-16/h3-4,7,11-13,15,17H,1-2,5-6,8-10H2/t11-,12-,13+/m0/s1. The van der Waals surface area contributed by atoms with Gasteiger partial charge in [0.25, 0.3) is 0 Å². The average Bonchev–Trinajstić information content (AvgIpc) is 3.13. The van der Waals surface area contributed by atoms with Crippen LogP contribution in [0.3, 0.4) is 0 Å². The number of hydrogen-bond donors (Lipinski definition) is 2. The molecule has 118 valence electrons. The van der Waals surface area contributed by atoms with E-state index in [4.69, 9.17) is 0 Å². The zero-order valence-electron chi connectivity index (χ0n) is 11.9. The van der Waals surface area contributed by atoms with E-state index < -0.39 is 15.9 Å². The number of rotatable bonds is 5. The summed E-state index contributed by atoms with van der Waals surface area (Å²) in [5.41, 5.74) is 0. The minimum Gasteiger partial charge on any atom is -0.390 e. The second-order valence-electron chi connectivity index (χ2n) is 5.93. The van der Waals surface area contributed by atoms with Crippen molar-refractivity contribution in [3.63, 3.8) is 0 Å². The molecule has 0 bridgehead atoms. The Morgan fingerprint density at radius 3 is 2.71 bits per heavy atom. The highest BCUT2D eigenvalue weighted by Gasteiger charge is 2.37. The number of nitrogens with one attached hydrogen (secondary N) is 1. The maximum Gasteiger partial charge on any atom is 0.154 e. The van der Waals surface area contributed by atoms with Crippen LogP contribution in [0.15, 0.2) is 17.5 Å². The van der Waals surface area contributed by atoms with E-state index in [1.165, 1.54) is 17.7 Å². The molecule has 2 N–H and O–H groups in total. The van der Waals surface area contributed by atoms with Crippen LogP contribution >= 0.6 is 11.3 Å². The predicted octanol–water partition coefficient (Wildman–Crippen LogP) is 0.632. The van der Waals surface area contributed by atoms with E-state index in [-0.39, 0.29) is 23.6 Å². The molecule has 0 radical (unpaired) electrons. The van der Waals surface area contributed by atoms with Crippen LogP contribution in [0.5, 0.6) is 0 Å². The van der Waals surface area contributed by atoms with Gasteiger partial charge in [-0.3, -0.25) is 4.90 Å². The third-order valence-electron chi connectivity index (χ3n) is 4.35. The van der Waals surface area contributed by atoms with E-state index in [1.807, 2.05) is 0 Å². The van der Waals surface area contributed by atoms with Gasteiger partial charge in [-0.15, -0.1) is 11.3 Å². The highest BCUT2D eigenvalue weighted by atomic mass is 32.2. The van der Waals surface area contributed by atoms with Gasteiger partial charge in [0, 0.05) is 17.5 Å². The summed E-state index contributed by atoms with van der Waals surface area (Å²) in [7, 11) is -3.09. The molecular formula is C14H22N2O3S2. The predicted molar refractivity (Wildman–Crippen MR) is 84.3 cm³/mol. The second kappa shape index (κ2) is 6.34. The Labute approximate surface area is 129 Å². The molecule has 2 saturated heterocycles. The van der Waals surface area contributed by atoms with Gasteiger partial charge in [0.15, 0.2) is 9.84 Å². The molecule has 1 aromatic rings. The highest BCUT2D eigenvalue weighted by Crippen LogP contribution is 2.28. The van der Waals surface area contributed by atoms with Gasteiger partial charge in [-0.2, -0.15) is 0 Å². The van der Waals surface area contributed by atoms with E-state index in [2.05, 4.69) is 27.7 Å². The fraction of sp³-hybridized carbons (Fsp3) is 0.714. The van der Waals surface area contributed by atoms with Crippen LogP contribution in [0.1, 0.15) is 23.8 Å². The minimum atomic E-state index is -3.09. The summed E-state index contributed by atoms with van der Waals surface area (Å²) >= 11 is 1.74. The molecule has 3 heterocycles. The van der Waals surface area contributed by atoms with E-state index in [0.29, 0.717) is 6.54 Å². The van der Waals surface area contributed by atoms with Crippen LogP contribution in [0.25, 0.3) is 0 Å². The third kappa shape index (κ3) is 3.65. The Hall–Kier alpha value is -0.470. The largest absolute Gasteiger partial charge is 0.390 e. The first kappa shape index (κ1) is 15.4. The lowest BCUT2D eigenvalue weighted by Crippen LogP contribution is -2.43. The van der Waals surface area contributed by atoms with E-state index in [1.54, 1.807) is 11.3 Å². The van der Waals surface area contributed by atoms with Crippen molar-refractivity contribution < 1.29 is 13.5 Å². The molecule has 3 atom stereocenters. The first-order valence-corrected chi connectivity index (χ1v) is 10.1. The fourth-order valence-electron chi connectivity index (χ4n) is 3.23. The monoisotopic (exact) mass is 330 g/mol. The summed E-state index contributed by atoms with van der Waals surface area (Å²) in [4.78, 5) is 3.76. The molecule has 1 aromatic heterocycles. The van der Waals surface area contributed by atoms with Gasteiger partial charge in [0.2, 0.25) is 0 Å². The van der Waals surface area contributed by atoms with Gasteiger partial charge in [-0.25, -0.2) is 8.42 Å². The van der Waals surface area contributed by atoms with Gasteiger partial charge in [-0.1, -0.05) is 6.07 Å². The van der Waals surface area contributed by atoms with E-state index in [9.17, 15) is 13.5 Å². The summed E-state index contributed by atoms with van der Waals surface area (Å²) in [5.74, 6) is -0.0661. The molecule has 2 aliphatic rings. The smallest absolute Gasteiger partial charge is 0.154 e. The van der Waals surface area contributed by atoms with Crippen LogP contribution in [0.4, 0.5) is 0 Å². The van der Waals surface area contributed by atoms with Crippen LogP contribution in [-0.4, -0.2) is 61.7 Å². The van der Waals surface area contributed by atoms with Crippen molar-refractivity contribution in [1.29, 1.82) is 0 Å². The normalized spacial score (nSPS) is 30.7. The minimum absolute atomic E-state index is 0.0470. The van der Waals surface area contributed by atoms with Crippen molar-refractivity contribution in [3.05, 3.63) is 22.4 Å². The molecule has 0 unspecified atom stereocenters. The topological polar surface area (TPSA) is 69.6 Å². The second-order valence-corrected chi connectivity index (χ2v) is 9.07. The molecule has 7 heteroatoms. The molecule has 0 spiro atoms. The lowest BCUT2D eigenvalue weighted by atomic mass is 10.1. The SMILES string of the molecule is O=S1(=O)C[C@@H](O)[C@@H](NC[C@@H](c2cccs2)N2CCCC2)C1. The molecule has 2 aliphatic heterocycles. The zero-order valence-corrected chi connectivity index (χ0v) is 13.6. The molecule has 5 nitrogen and oxygen atoms in total. The average molecular weight is 330 g/mol. The molecule has 0 saturated carbocycles. The summed E-state index contributed by atoms with van der Waals surface area (Å²) in [6, 6.07) is 4.14. The van der Waals surface area contributed by atoms with Crippen molar-refractivity contribution in [2.24, 2.45) is 0 Å². The van der Waals surface area contributed by atoms with E-state index >= 15 is 0 Å². The van der Waals surface area contributed by atoms with Gasteiger partial charge < -0.3 is 10.4 Å². The maximum absolute atomic E-state index is 11.6. The maximum atomic E-state index is 11.6. The Balaban J connectivity index is 1.65. The summed E-state index contributed by atoms with van der Waals surface area (Å²) in [5, 5.41) is 15.2. The summed E-state index contributed by atoms with van der Waals surface area (Å²) in [6.07, 6.45) is 1.67. The Morgan fingerprint density at radius 1 is 1.38 bits per heavy atom. The number of thiophene rings is 1. The first-order chi connectivity index (χ1) is 10.1. The summed E-state index contributed by atoms with van der Waals surface area (Å²) < 4.78 is 23.1. The quantitative estimate of drug-likeness (QED) is 0.829. The van der Waals surface area contributed by atoms with Gasteiger partial charge >= 0.3 is 0 Å². The zero-order chi connectivity index (χ0) is 14.9. The van der Waals surface area contributed by atoms with Crippen molar-refractivity contribution in [1.82, 2.24) is 10.2 Å². The van der Waals surface area contributed by atoms with Crippen LogP contribution in [-0.2, 0) is 9.84 Å². The van der Waals surface area contributed by atoms with Gasteiger partial charge in [0.1, 0.15) is 0 Å². The molecule has 3 rings (SSSR count). The molecule has 0 amide bonds. The Morgan fingerprint density at radius 2 is 2.14 bits per heavy atom. The lowest BCUT2D eigenvalue weighted by Gasteiger charge is -2.28. The molecular weight excluding hydrogens is 308 g/mol. The van der Waals surface area contributed by atoms with Crippen LogP contribution in [0.2, 0.25) is 0 Å². The molecule has 0 aliphatic carbocycles. The highest BCUT2D eigenvalue weighted by molar-refractivity contribution is 7.91. The first-order valence-electron chi connectivity index (χ1n) is 7.44. The van der Waals surface area contributed by atoms with Gasteiger partial charge in [0.05, 0.1) is 23.7 Å². The van der Waals surface area contributed by atoms with Gasteiger partial charge in [-0.05, 0) is 37.4 Å². The van der Waals surface area contributed by atoms with E-state index in [0.717, 1.165) is 13.1 Å². The fourth-order valence-corrected chi connectivity index (χ4v) is 5.87. The van der Waals surface area contributed by atoms with Crippen molar-refractivity contribution in [3.8, 4) is 0 Å². The van der Waals surface area contributed by atoms with Crippen molar-refractivity contribution in [2.45, 2.75) is 31.0 Å². The molecule has 21 heavy (non-hydrogen) atoms. The Kier molecular flexibility index (Phi) is 4.66. The van der Waals surface area contributed by atoms with Crippen LogP contribution < -0.4 is 5.32 Å². The number of nitrogens with zero attached hydrogens (tertiary/aromatic N) is 1. The summed E-state index contributed by atoms with van der Waals surface area (Å²) in [6.45, 7) is 2.88. The number of aliphatic hydroxyl groups is 1. The third-order valence-corrected chi connectivity index (χ3v) is 7.04.